The molecular weight excluding hydrogens is 244 g/mol. The molecule has 0 aliphatic heterocycles. The van der Waals surface area contributed by atoms with Gasteiger partial charge in [-0.1, -0.05) is 12.1 Å². The molecule has 2 rings (SSSR count). The van der Waals surface area contributed by atoms with Gasteiger partial charge in [-0.25, -0.2) is 0 Å². The number of thiol groups is 1. The Balaban J connectivity index is 1.93. The third-order valence-electron chi connectivity index (χ3n) is 2.74. The summed E-state index contributed by atoms with van der Waals surface area (Å²) in [6.45, 7) is 0.665. The van der Waals surface area contributed by atoms with Crippen LogP contribution in [-0.2, 0) is 11.2 Å². The maximum absolute atomic E-state index is 11.3. The van der Waals surface area contributed by atoms with Crippen molar-refractivity contribution in [2.24, 2.45) is 0 Å². The normalized spacial score (nSPS) is 10.5. The first-order valence-electron chi connectivity index (χ1n) is 6.01. The zero-order valence-corrected chi connectivity index (χ0v) is 11.0. The lowest BCUT2D eigenvalue weighted by Gasteiger charge is -2.05. The number of amides is 1. The fourth-order valence-electron chi connectivity index (χ4n) is 1.82. The van der Waals surface area contributed by atoms with Crippen LogP contribution in [-0.4, -0.2) is 23.2 Å². The largest absolute Gasteiger partial charge is 0.356 e. The number of rotatable bonds is 5. The summed E-state index contributed by atoms with van der Waals surface area (Å²) >= 11 is 4.02. The van der Waals surface area contributed by atoms with Gasteiger partial charge in [-0.3, -0.25) is 9.78 Å². The van der Waals surface area contributed by atoms with Crippen LogP contribution in [0.3, 0.4) is 0 Å². The highest BCUT2D eigenvalue weighted by molar-refractivity contribution is 7.80. The molecule has 4 heteroatoms. The van der Waals surface area contributed by atoms with Crippen LogP contribution in [0.5, 0.6) is 0 Å². The molecule has 0 saturated carbocycles. The second-order valence-electron chi connectivity index (χ2n) is 4.10. The molecule has 1 amide bonds. The van der Waals surface area contributed by atoms with E-state index in [1.807, 2.05) is 18.2 Å². The number of nitrogens with one attached hydrogen (secondary N) is 1. The Labute approximate surface area is 112 Å². The smallest absolute Gasteiger partial charge is 0.220 e. The molecule has 3 nitrogen and oxygen atoms in total. The molecule has 0 bridgehead atoms. The molecule has 1 aromatic carbocycles. The van der Waals surface area contributed by atoms with E-state index in [0.717, 1.165) is 17.3 Å². The van der Waals surface area contributed by atoms with Crippen LogP contribution in [0.1, 0.15) is 12.0 Å². The van der Waals surface area contributed by atoms with Gasteiger partial charge in [0.05, 0.1) is 5.52 Å². The molecule has 0 radical (unpaired) electrons. The van der Waals surface area contributed by atoms with Crippen molar-refractivity contribution in [2.75, 3.05) is 12.3 Å². The van der Waals surface area contributed by atoms with Crippen molar-refractivity contribution >= 4 is 29.4 Å². The van der Waals surface area contributed by atoms with Crippen molar-refractivity contribution in [3.05, 3.63) is 42.1 Å². The molecule has 0 saturated heterocycles. The van der Waals surface area contributed by atoms with Gasteiger partial charge in [0.2, 0.25) is 5.91 Å². The minimum absolute atomic E-state index is 0.0625. The Bertz CT molecular complexity index is 542. The number of aromatic nitrogens is 1. The summed E-state index contributed by atoms with van der Waals surface area (Å²) in [6.07, 6.45) is 3.10. The van der Waals surface area contributed by atoms with E-state index in [4.69, 9.17) is 0 Å². The summed E-state index contributed by atoms with van der Waals surface area (Å²) in [7, 11) is 0. The Hall–Kier alpha value is -1.55. The van der Waals surface area contributed by atoms with Gasteiger partial charge in [0.25, 0.3) is 0 Å². The van der Waals surface area contributed by atoms with Crippen molar-refractivity contribution in [3.8, 4) is 0 Å². The first kappa shape index (κ1) is 12.9. The van der Waals surface area contributed by atoms with Crippen molar-refractivity contribution < 1.29 is 4.79 Å². The lowest BCUT2D eigenvalue weighted by molar-refractivity contribution is -0.120. The Kier molecular flexibility index (Phi) is 4.59. The van der Waals surface area contributed by atoms with E-state index in [0.29, 0.717) is 18.7 Å². The van der Waals surface area contributed by atoms with Gasteiger partial charge in [-0.15, -0.1) is 0 Å². The van der Waals surface area contributed by atoms with Gasteiger partial charge >= 0.3 is 0 Å². The van der Waals surface area contributed by atoms with Gasteiger partial charge in [0.1, 0.15) is 0 Å². The van der Waals surface area contributed by atoms with Crippen LogP contribution in [0.2, 0.25) is 0 Å². The molecular formula is C14H16N2OS. The quantitative estimate of drug-likeness (QED) is 0.809. The molecule has 0 fully saturated rings. The number of benzene rings is 1. The monoisotopic (exact) mass is 260 g/mol. The second kappa shape index (κ2) is 6.40. The number of pyridine rings is 1. The summed E-state index contributed by atoms with van der Waals surface area (Å²) in [5, 5.41) is 4.01. The fraction of sp³-hybridized carbons (Fsp3) is 0.286. The van der Waals surface area contributed by atoms with E-state index in [9.17, 15) is 4.79 Å². The maximum atomic E-state index is 11.3. The molecule has 0 aliphatic carbocycles. The van der Waals surface area contributed by atoms with Crippen molar-refractivity contribution in [1.29, 1.82) is 0 Å². The molecule has 0 unspecified atom stereocenters. The summed E-state index contributed by atoms with van der Waals surface area (Å²) < 4.78 is 0. The number of carbonyl (C=O) groups excluding carboxylic acids is 1. The van der Waals surface area contributed by atoms with Gasteiger partial charge < -0.3 is 5.32 Å². The molecule has 94 valence electrons. The maximum Gasteiger partial charge on any atom is 0.220 e. The van der Waals surface area contributed by atoms with Crippen LogP contribution >= 0.6 is 12.6 Å². The Morgan fingerprint density at radius 3 is 3.06 bits per heavy atom. The van der Waals surface area contributed by atoms with Crippen molar-refractivity contribution in [1.82, 2.24) is 10.3 Å². The number of hydrogen-bond acceptors (Lipinski definition) is 3. The van der Waals surface area contributed by atoms with E-state index in [-0.39, 0.29) is 5.91 Å². The fourth-order valence-corrected chi connectivity index (χ4v) is 2.02. The number of hydrogen-bond donors (Lipinski definition) is 2. The van der Waals surface area contributed by atoms with E-state index in [2.05, 4.69) is 35.1 Å². The predicted molar refractivity (Wildman–Crippen MR) is 76.9 cm³/mol. The molecule has 1 heterocycles. The van der Waals surface area contributed by atoms with E-state index >= 15 is 0 Å². The molecule has 18 heavy (non-hydrogen) atoms. The third-order valence-corrected chi connectivity index (χ3v) is 2.97. The van der Waals surface area contributed by atoms with Crippen LogP contribution in [0.15, 0.2) is 36.5 Å². The highest BCUT2D eigenvalue weighted by Crippen LogP contribution is 2.13. The topological polar surface area (TPSA) is 42.0 Å². The zero-order valence-electron chi connectivity index (χ0n) is 10.1. The third kappa shape index (κ3) is 3.47. The number of fused-ring (bicyclic) bond motifs is 1. The van der Waals surface area contributed by atoms with Gasteiger partial charge in [0.15, 0.2) is 0 Å². The number of carbonyl (C=O) groups is 1. The lowest BCUT2D eigenvalue weighted by Crippen LogP contribution is -2.25. The van der Waals surface area contributed by atoms with Crippen LogP contribution in [0.25, 0.3) is 10.9 Å². The highest BCUT2D eigenvalue weighted by atomic mass is 32.1. The zero-order chi connectivity index (χ0) is 12.8. The van der Waals surface area contributed by atoms with Gasteiger partial charge in [-0.05, 0) is 35.9 Å². The minimum Gasteiger partial charge on any atom is -0.356 e. The molecule has 1 aromatic heterocycles. The first-order chi connectivity index (χ1) is 8.79. The van der Waals surface area contributed by atoms with Gasteiger partial charge in [0, 0.05) is 24.5 Å². The van der Waals surface area contributed by atoms with E-state index in [1.165, 1.54) is 5.56 Å². The molecule has 2 aromatic rings. The van der Waals surface area contributed by atoms with Crippen LogP contribution in [0, 0.1) is 0 Å². The van der Waals surface area contributed by atoms with Crippen LogP contribution < -0.4 is 5.32 Å². The first-order valence-corrected chi connectivity index (χ1v) is 6.64. The molecule has 1 N–H and O–H groups in total. The SMILES string of the molecule is O=C(CCS)NCCc1ccc2ncccc2c1. The second-order valence-corrected chi connectivity index (χ2v) is 4.55. The lowest BCUT2D eigenvalue weighted by atomic mass is 10.1. The predicted octanol–water partition coefficient (Wildman–Crippen LogP) is 2.21. The summed E-state index contributed by atoms with van der Waals surface area (Å²) in [5.74, 6) is 0.653. The molecule has 0 atom stereocenters. The van der Waals surface area contributed by atoms with Crippen LogP contribution in [0.4, 0.5) is 0 Å². The van der Waals surface area contributed by atoms with E-state index < -0.39 is 0 Å². The standard InChI is InChI=1S/C14H16N2OS/c17-14(6-9-18)16-8-5-11-3-4-13-12(10-11)2-1-7-15-13/h1-4,7,10,18H,5-6,8-9H2,(H,16,17). The summed E-state index contributed by atoms with van der Waals surface area (Å²) in [5.41, 5.74) is 2.21. The van der Waals surface area contributed by atoms with Crippen molar-refractivity contribution in [2.45, 2.75) is 12.8 Å². The van der Waals surface area contributed by atoms with E-state index in [1.54, 1.807) is 6.20 Å². The minimum atomic E-state index is 0.0625. The Morgan fingerprint density at radius 2 is 2.22 bits per heavy atom. The summed E-state index contributed by atoms with van der Waals surface area (Å²) in [4.78, 5) is 15.6. The average Bonchev–Trinajstić information content (AvgIpc) is 2.39. The van der Waals surface area contributed by atoms with Gasteiger partial charge in [-0.2, -0.15) is 12.6 Å². The average molecular weight is 260 g/mol. The van der Waals surface area contributed by atoms with Crippen molar-refractivity contribution in [3.63, 3.8) is 0 Å². The summed E-state index contributed by atoms with van der Waals surface area (Å²) in [6, 6.07) is 10.2. The molecule has 0 aliphatic rings. The number of nitrogens with zero attached hydrogens (tertiary/aromatic N) is 1. The highest BCUT2D eigenvalue weighted by Gasteiger charge is 2.00. The molecule has 0 spiro atoms. The Morgan fingerprint density at radius 1 is 1.33 bits per heavy atom.